The number of nitrogens with zero attached hydrogens (tertiary/aromatic N) is 2. The van der Waals surface area contributed by atoms with Crippen molar-refractivity contribution >= 4 is 53.0 Å². The third-order valence-corrected chi connectivity index (χ3v) is 12.8. The Morgan fingerprint density at radius 2 is 1.68 bits per heavy atom. The fourth-order valence-electron chi connectivity index (χ4n) is 4.97. The van der Waals surface area contributed by atoms with Gasteiger partial charge in [-0.25, -0.2) is 9.37 Å². The van der Waals surface area contributed by atoms with Crippen LogP contribution in [0.15, 0.2) is 70.6 Å². The summed E-state index contributed by atoms with van der Waals surface area (Å²) >= 11 is 7.17. The predicted molar refractivity (Wildman–Crippen MR) is 168 cm³/mol. The zero-order valence-electron chi connectivity index (χ0n) is 24.0. The minimum absolute atomic E-state index is 0.0449. The first-order chi connectivity index (χ1) is 19.6. The van der Waals surface area contributed by atoms with Gasteiger partial charge in [0.1, 0.15) is 17.5 Å². The summed E-state index contributed by atoms with van der Waals surface area (Å²) in [5.41, 5.74) is -0.687. The molecule has 2 aromatic heterocycles. The van der Waals surface area contributed by atoms with Crippen LogP contribution in [0, 0.1) is 5.82 Å². The van der Waals surface area contributed by atoms with E-state index in [0.717, 1.165) is 6.42 Å². The van der Waals surface area contributed by atoms with Crippen molar-refractivity contribution in [3.8, 4) is 5.88 Å². The zero-order valence-corrected chi connectivity index (χ0v) is 26.5. The second-order valence-corrected chi connectivity index (χ2v) is 16.3. The van der Waals surface area contributed by atoms with Crippen LogP contribution in [0.5, 0.6) is 5.88 Å². The molecule has 0 aliphatic heterocycles. The van der Waals surface area contributed by atoms with E-state index >= 15 is 0 Å². The Morgan fingerprint density at radius 1 is 1.07 bits per heavy atom. The fourth-order valence-corrected chi connectivity index (χ4v) is 10.1. The molecule has 0 amide bonds. The van der Waals surface area contributed by atoms with E-state index in [9.17, 15) is 9.18 Å². The summed E-state index contributed by atoms with van der Waals surface area (Å²) in [4.78, 5) is 23.4. The highest BCUT2D eigenvalue weighted by molar-refractivity contribution is 7.98. The first-order valence-corrected chi connectivity index (χ1v) is 17.0. The Balaban J connectivity index is 1.40. The molecule has 0 unspecified atom stereocenters. The van der Waals surface area contributed by atoms with Crippen molar-refractivity contribution < 1.29 is 13.6 Å². The number of H-pyrrole nitrogens is 1. The molecule has 11 heteroatoms. The van der Waals surface area contributed by atoms with Crippen LogP contribution >= 0.6 is 23.4 Å². The van der Waals surface area contributed by atoms with Crippen molar-refractivity contribution in [3.05, 3.63) is 82.0 Å². The van der Waals surface area contributed by atoms with E-state index in [1.165, 1.54) is 22.1 Å². The average Bonchev–Trinajstić information content (AvgIpc) is 2.96. The molecule has 0 aliphatic carbocycles. The summed E-state index contributed by atoms with van der Waals surface area (Å²) in [7, 11) is -2.58. The summed E-state index contributed by atoms with van der Waals surface area (Å²) in [6.45, 7) is 10.2. The van der Waals surface area contributed by atoms with Crippen molar-refractivity contribution in [2.24, 2.45) is 0 Å². The fraction of sp³-hybridized carbons (Fsp3) is 0.367. The van der Waals surface area contributed by atoms with Gasteiger partial charge in [-0.15, -0.1) is 0 Å². The van der Waals surface area contributed by atoms with Crippen LogP contribution < -0.4 is 26.0 Å². The number of rotatable bonds is 12. The molecule has 0 spiro atoms. The molecule has 0 aliphatic rings. The van der Waals surface area contributed by atoms with E-state index in [-0.39, 0.29) is 39.6 Å². The summed E-state index contributed by atoms with van der Waals surface area (Å²) in [5.74, 6) is -0.890. The van der Waals surface area contributed by atoms with Crippen molar-refractivity contribution in [2.45, 2.75) is 50.4 Å². The van der Waals surface area contributed by atoms with Gasteiger partial charge in [0, 0.05) is 12.6 Å². The largest absolute Gasteiger partial charge is 0.475 e. The molecule has 218 valence electrons. The van der Waals surface area contributed by atoms with Gasteiger partial charge in [-0.2, -0.15) is 4.98 Å². The summed E-state index contributed by atoms with van der Waals surface area (Å²) in [6.07, 6.45) is 2.52. The number of hydrogen-bond acceptors (Lipinski definition) is 7. The molecular formula is C30H36ClFN4O3SSi. The lowest BCUT2D eigenvalue weighted by Crippen LogP contribution is -2.66. The van der Waals surface area contributed by atoms with E-state index in [4.69, 9.17) is 20.8 Å². The highest BCUT2D eigenvalue weighted by Crippen LogP contribution is 2.36. The monoisotopic (exact) mass is 614 g/mol. The summed E-state index contributed by atoms with van der Waals surface area (Å²) in [6, 6.07) is 21.1. The molecule has 41 heavy (non-hydrogen) atoms. The molecule has 0 saturated carbocycles. The minimum Gasteiger partial charge on any atom is -0.475 e. The van der Waals surface area contributed by atoms with E-state index in [2.05, 4.69) is 89.6 Å². The normalized spacial score (nSPS) is 13.0. The van der Waals surface area contributed by atoms with Gasteiger partial charge in [-0.05, 0) is 41.6 Å². The van der Waals surface area contributed by atoms with Gasteiger partial charge in [0.2, 0.25) is 5.88 Å². The summed E-state index contributed by atoms with van der Waals surface area (Å²) < 4.78 is 27.4. The Kier molecular flexibility index (Phi) is 10.2. The van der Waals surface area contributed by atoms with Crippen molar-refractivity contribution in [3.63, 3.8) is 0 Å². The van der Waals surface area contributed by atoms with Crippen LogP contribution in [0.2, 0.25) is 10.2 Å². The highest BCUT2D eigenvalue weighted by atomic mass is 35.5. The lowest BCUT2D eigenvalue weighted by molar-refractivity contribution is 0.255. The van der Waals surface area contributed by atoms with E-state index in [1.54, 1.807) is 6.26 Å². The number of pyridine rings is 1. The Bertz CT molecular complexity index is 1480. The van der Waals surface area contributed by atoms with Gasteiger partial charge < -0.3 is 19.5 Å². The second kappa shape index (κ2) is 13.5. The standard InChI is InChI=1S/C30H36ClFN4O3SSi/c1-20(19-38-28-23-25(24(32)26(31)35-28)34-29(40-5)36-27(23)37)33-17-12-18-39-41(30(2,3)4,21-13-8-6-9-14-21)22-15-10-7-11-16-22/h6-11,13-16,20,33H,12,17-19H2,1-5H3,(H,34,36,37)/t20-/m0/s1. The number of ether oxygens (including phenoxy) is 1. The molecule has 1 atom stereocenters. The number of aromatic amines is 1. The maximum Gasteiger partial charge on any atom is 0.265 e. The molecule has 0 saturated heterocycles. The smallest absolute Gasteiger partial charge is 0.265 e. The third-order valence-electron chi connectivity index (χ3n) is 6.91. The number of halogens is 2. The van der Waals surface area contributed by atoms with Gasteiger partial charge in [0.25, 0.3) is 13.9 Å². The van der Waals surface area contributed by atoms with Crippen molar-refractivity contribution in [1.29, 1.82) is 0 Å². The van der Waals surface area contributed by atoms with Crippen LogP contribution in [0.25, 0.3) is 10.9 Å². The highest BCUT2D eigenvalue weighted by Gasteiger charge is 2.49. The quantitative estimate of drug-likeness (QED) is 0.0749. The molecule has 4 rings (SSSR count). The minimum atomic E-state index is -2.58. The molecule has 2 heterocycles. The van der Waals surface area contributed by atoms with Crippen LogP contribution in [0.1, 0.15) is 34.1 Å². The van der Waals surface area contributed by atoms with E-state index in [1.807, 2.05) is 19.1 Å². The molecule has 0 radical (unpaired) electrons. The van der Waals surface area contributed by atoms with Crippen LogP contribution in [0.3, 0.4) is 0 Å². The maximum absolute atomic E-state index is 14.6. The summed E-state index contributed by atoms with van der Waals surface area (Å²) in [5, 5.41) is 5.68. The first kappa shape index (κ1) is 31.2. The number of benzene rings is 2. The zero-order chi connectivity index (χ0) is 29.6. The molecule has 4 aromatic rings. The van der Waals surface area contributed by atoms with Crippen molar-refractivity contribution in [1.82, 2.24) is 20.3 Å². The number of aromatic nitrogens is 3. The Hall–Kier alpha value is -2.76. The average molecular weight is 615 g/mol. The van der Waals surface area contributed by atoms with Crippen LogP contribution in [-0.2, 0) is 4.43 Å². The van der Waals surface area contributed by atoms with Crippen LogP contribution in [-0.4, -0.2) is 55.3 Å². The second-order valence-electron chi connectivity index (χ2n) is 10.9. The molecular weight excluding hydrogens is 579 g/mol. The van der Waals surface area contributed by atoms with Gasteiger partial charge >= 0.3 is 0 Å². The molecule has 0 fully saturated rings. The van der Waals surface area contributed by atoms with Crippen molar-refractivity contribution in [2.75, 3.05) is 26.0 Å². The lowest BCUT2D eigenvalue weighted by atomic mass is 10.2. The van der Waals surface area contributed by atoms with Gasteiger partial charge in [0.05, 0.1) is 0 Å². The van der Waals surface area contributed by atoms with E-state index in [0.29, 0.717) is 13.2 Å². The van der Waals surface area contributed by atoms with Crippen LogP contribution in [0.4, 0.5) is 4.39 Å². The number of fused-ring (bicyclic) bond motifs is 1. The number of hydrogen-bond donors (Lipinski definition) is 2. The first-order valence-electron chi connectivity index (χ1n) is 13.5. The third kappa shape index (κ3) is 6.84. The molecule has 2 N–H and O–H groups in total. The molecule has 0 bridgehead atoms. The van der Waals surface area contributed by atoms with Gasteiger partial charge in [-0.3, -0.25) is 4.79 Å². The number of thioether (sulfide) groups is 1. The molecule has 7 nitrogen and oxygen atoms in total. The predicted octanol–water partition coefficient (Wildman–Crippen LogP) is 5.16. The Labute approximate surface area is 250 Å². The topological polar surface area (TPSA) is 89.1 Å². The lowest BCUT2D eigenvalue weighted by Gasteiger charge is -2.43. The SMILES string of the molecule is CSc1nc2c(F)c(Cl)nc(OC[C@H](C)NCCCO[Si](c3ccccc3)(c3ccccc3)C(C)(C)C)c2c(=O)[nH]1. The Morgan fingerprint density at radius 3 is 2.24 bits per heavy atom. The van der Waals surface area contributed by atoms with Gasteiger partial charge in [0.15, 0.2) is 16.1 Å². The number of nitrogens with one attached hydrogen (secondary N) is 2. The maximum atomic E-state index is 14.6. The van der Waals surface area contributed by atoms with E-state index < -0.39 is 24.8 Å². The molecule has 2 aromatic carbocycles. The van der Waals surface area contributed by atoms with Gasteiger partial charge in [-0.1, -0.05) is 105 Å².